The second-order valence-electron chi connectivity index (χ2n) is 7.89. The van der Waals surface area contributed by atoms with Gasteiger partial charge in [-0.05, 0) is 55.0 Å². The molecule has 214 valence electrons. The van der Waals surface area contributed by atoms with Crippen LogP contribution in [0.1, 0.15) is 42.3 Å². The molecule has 0 amide bonds. The quantitative estimate of drug-likeness (QED) is 0.148. The third-order valence-electron chi connectivity index (χ3n) is 4.86. The summed E-state index contributed by atoms with van der Waals surface area (Å²) in [6.45, 7) is 1.87. The highest BCUT2D eigenvalue weighted by Crippen LogP contribution is 2.23. The van der Waals surface area contributed by atoms with Gasteiger partial charge in [0.05, 0.1) is 5.38 Å². The van der Waals surface area contributed by atoms with Crippen molar-refractivity contribution in [2.45, 2.75) is 57.2 Å². The number of nitrogens with zero attached hydrogens (tertiary/aromatic N) is 3. The maximum atomic E-state index is 11.8. The van der Waals surface area contributed by atoms with Gasteiger partial charge in [-0.3, -0.25) is 0 Å². The Morgan fingerprint density at radius 1 is 1.05 bits per heavy atom. The van der Waals surface area contributed by atoms with E-state index >= 15 is 0 Å². The lowest BCUT2D eigenvalue weighted by Gasteiger charge is -2.08. The zero-order valence-electron chi connectivity index (χ0n) is 22.0. The number of hydrogen-bond donors (Lipinski definition) is 2. The SMILES string of the molecule is CCC(Cl)C=O.CNc1ccc(CCCCc2nnc(NC)s2)cn1.O=CCc1cccc(OC(F)(F)F)c1. The number of carbonyl (C=O) groups is 2. The number of hydrogen-bond acceptors (Lipinski definition) is 9. The van der Waals surface area contributed by atoms with E-state index < -0.39 is 6.36 Å². The summed E-state index contributed by atoms with van der Waals surface area (Å²) >= 11 is 6.91. The van der Waals surface area contributed by atoms with Gasteiger partial charge in [-0.15, -0.1) is 35.0 Å². The summed E-state index contributed by atoms with van der Waals surface area (Å²) < 4.78 is 39.0. The van der Waals surface area contributed by atoms with E-state index in [1.807, 2.05) is 33.3 Å². The summed E-state index contributed by atoms with van der Waals surface area (Å²) in [6.07, 6.45) is 3.75. The van der Waals surface area contributed by atoms with Crippen LogP contribution in [0.2, 0.25) is 0 Å². The number of aromatic nitrogens is 3. The van der Waals surface area contributed by atoms with Crippen LogP contribution in [-0.4, -0.2) is 53.6 Å². The van der Waals surface area contributed by atoms with Gasteiger partial charge in [0.1, 0.15) is 29.1 Å². The number of unbranched alkanes of at least 4 members (excludes halogenated alkanes) is 1. The molecule has 0 bridgehead atoms. The first kappa shape index (κ1) is 33.8. The minimum absolute atomic E-state index is 0.0784. The molecule has 2 N–H and O–H groups in total. The van der Waals surface area contributed by atoms with Crippen LogP contribution in [-0.2, 0) is 28.9 Å². The number of carbonyl (C=O) groups excluding carboxylic acids is 2. The van der Waals surface area contributed by atoms with E-state index in [1.165, 1.54) is 23.8 Å². The van der Waals surface area contributed by atoms with Crippen LogP contribution in [0.25, 0.3) is 0 Å². The molecule has 39 heavy (non-hydrogen) atoms. The third-order valence-corrected chi connectivity index (χ3v) is 6.27. The number of ether oxygens (including phenoxy) is 1. The molecule has 1 atom stereocenters. The van der Waals surface area contributed by atoms with E-state index in [2.05, 4.69) is 36.6 Å². The van der Waals surface area contributed by atoms with E-state index in [9.17, 15) is 22.8 Å². The van der Waals surface area contributed by atoms with Crippen LogP contribution in [0.5, 0.6) is 5.75 Å². The number of halogens is 4. The normalized spacial score (nSPS) is 11.2. The van der Waals surface area contributed by atoms with E-state index in [0.29, 0.717) is 11.8 Å². The predicted octanol–water partition coefficient (Wildman–Crippen LogP) is 6.11. The molecule has 2 aromatic heterocycles. The molecular weight excluding hydrogens is 555 g/mol. The Balaban J connectivity index is 0.000000334. The van der Waals surface area contributed by atoms with Crippen molar-refractivity contribution in [1.29, 1.82) is 0 Å². The predicted molar refractivity (Wildman–Crippen MR) is 149 cm³/mol. The third kappa shape index (κ3) is 15.7. The Hall–Kier alpha value is -3.25. The Kier molecular flexibility index (Phi) is 16.4. The van der Waals surface area contributed by atoms with E-state index in [4.69, 9.17) is 11.6 Å². The minimum atomic E-state index is -4.69. The van der Waals surface area contributed by atoms with Gasteiger partial charge in [-0.25, -0.2) is 4.98 Å². The van der Waals surface area contributed by atoms with Gasteiger partial charge in [-0.2, -0.15) is 0 Å². The molecule has 0 aliphatic heterocycles. The van der Waals surface area contributed by atoms with E-state index in [1.54, 1.807) is 17.4 Å². The molecule has 8 nitrogen and oxygen atoms in total. The van der Waals surface area contributed by atoms with Gasteiger partial charge in [0.15, 0.2) is 0 Å². The summed E-state index contributed by atoms with van der Waals surface area (Å²) in [5, 5.41) is 15.9. The van der Waals surface area contributed by atoms with Gasteiger partial charge in [0.25, 0.3) is 0 Å². The molecule has 3 aromatic rings. The molecule has 0 saturated carbocycles. The van der Waals surface area contributed by atoms with Crippen LogP contribution in [0.3, 0.4) is 0 Å². The fourth-order valence-corrected chi connectivity index (χ4v) is 3.58. The Labute approximate surface area is 235 Å². The smallest absolute Gasteiger partial charge is 0.406 e. The molecule has 0 fully saturated rings. The van der Waals surface area contributed by atoms with E-state index in [-0.39, 0.29) is 17.5 Å². The molecular formula is C26H33ClF3N5O3S. The van der Waals surface area contributed by atoms with Gasteiger partial charge in [0, 0.05) is 33.1 Å². The number of aldehydes is 2. The van der Waals surface area contributed by atoms with E-state index in [0.717, 1.165) is 54.3 Å². The Bertz CT molecular complexity index is 1100. The van der Waals surface area contributed by atoms with Crippen LogP contribution in [0.4, 0.5) is 24.1 Å². The molecule has 0 saturated heterocycles. The number of benzene rings is 1. The number of alkyl halides is 4. The highest BCUT2D eigenvalue weighted by Gasteiger charge is 2.31. The van der Waals surface area contributed by atoms with Crippen molar-refractivity contribution in [3.63, 3.8) is 0 Å². The maximum absolute atomic E-state index is 11.8. The first-order valence-corrected chi connectivity index (χ1v) is 13.4. The Morgan fingerprint density at radius 3 is 2.31 bits per heavy atom. The molecule has 3 rings (SSSR count). The average molecular weight is 588 g/mol. The topological polar surface area (TPSA) is 106 Å². The second kappa shape index (κ2) is 18.9. The highest BCUT2D eigenvalue weighted by atomic mass is 35.5. The molecule has 1 aromatic carbocycles. The molecule has 0 spiro atoms. The molecule has 0 radical (unpaired) electrons. The molecule has 13 heteroatoms. The molecule has 2 heterocycles. The molecule has 0 aliphatic rings. The lowest BCUT2D eigenvalue weighted by molar-refractivity contribution is -0.274. The summed E-state index contributed by atoms with van der Waals surface area (Å²) in [5.41, 5.74) is 1.77. The standard InChI is InChI=1S/C13H19N5S.C9H7F3O2.C4H7ClO/c1-14-11-8-7-10(9-16-11)5-3-4-6-12-17-18-13(15-2)19-12;10-9(11,12)14-8-3-1-2-7(6-8)4-5-13;1-2-4(5)3-6/h7-9H,3-6H2,1-2H3,(H,14,16)(H,15,18);1-3,5-6H,4H2;3-4H,2H2,1H3. The van der Waals surface area contributed by atoms with Gasteiger partial charge >= 0.3 is 6.36 Å². The van der Waals surface area contributed by atoms with Crippen LogP contribution >= 0.6 is 22.9 Å². The summed E-state index contributed by atoms with van der Waals surface area (Å²) in [6, 6.07) is 9.46. The van der Waals surface area contributed by atoms with Crippen LogP contribution in [0, 0.1) is 0 Å². The number of rotatable bonds is 12. The van der Waals surface area contributed by atoms with Crippen LogP contribution < -0.4 is 15.4 Å². The fourth-order valence-electron chi connectivity index (χ4n) is 2.84. The number of aryl methyl sites for hydroxylation is 2. The minimum Gasteiger partial charge on any atom is -0.406 e. The first-order valence-electron chi connectivity index (χ1n) is 12.1. The van der Waals surface area contributed by atoms with Crippen molar-refractivity contribution in [2.24, 2.45) is 0 Å². The van der Waals surface area contributed by atoms with Crippen molar-refractivity contribution in [1.82, 2.24) is 15.2 Å². The number of nitrogens with one attached hydrogen (secondary N) is 2. The number of pyridine rings is 1. The zero-order valence-corrected chi connectivity index (χ0v) is 23.6. The van der Waals surface area contributed by atoms with Crippen molar-refractivity contribution in [3.8, 4) is 5.75 Å². The molecule has 1 unspecified atom stereocenters. The zero-order chi connectivity index (χ0) is 29.1. The Morgan fingerprint density at radius 2 is 1.79 bits per heavy atom. The lowest BCUT2D eigenvalue weighted by Crippen LogP contribution is -2.17. The second-order valence-corrected chi connectivity index (χ2v) is 9.51. The van der Waals surface area contributed by atoms with Crippen molar-refractivity contribution < 1.29 is 27.5 Å². The van der Waals surface area contributed by atoms with Gasteiger partial charge in [-0.1, -0.05) is 36.5 Å². The number of anilines is 2. The fraction of sp³-hybridized carbons (Fsp3) is 0.423. The summed E-state index contributed by atoms with van der Waals surface area (Å²) in [7, 11) is 3.75. The van der Waals surface area contributed by atoms with Crippen LogP contribution in [0.15, 0.2) is 42.6 Å². The first-order chi connectivity index (χ1) is 18.6. The van der Waals surface area contributed by atoms with Crippen molar-refractivity contribution >= 4 is 46.5 Å². The lowest BCUT2D eigenvalue weighted by atomic mass is 10.1. The van der Waals surface area contributed by atoms with Gasteiger partial charge in [0.2, 0.25) is 5.13 Å². The van der Waals surface area contributed by atoms with Crippen molar-refractivity contribution in [3.05, 3.63) is 58.7 Å². The van der Waals surface area contributed by atoms with Crippen molar-refractivity contribution in [2.75, 3.05) is 24.7 Å². The average Bonchev–Trinajstić information content (AvgIpc) is 3.39. The monoisotopic (exact) mass is 587 g/mol. The maximum Gasteiger partial charge on any atom is 0.573 e. The molecule has 0 aliphatic carbocycles. The summed E-state index contributed by atoms with van der Waals surface area (Å²) in [4.78, 5) is 24.0. The largest absolute Gasteiger partial charge is 0.573 e. The highest BCUT2D eigenvalue weighted by molar-refractivity contribution is 7.15. The van der Waals surface area contributed by atoms with Gasteiger partial charge < -0.3 is 25.0 Å². The summed E-state index contributed by atoms with van der Waals surface area (Å²) in [5.74, 6) is 0.606.